The Hall–Kier alpha value is -0.930. The van der Waals surface area contributed by atoms with Gasteiger partial charge in [0, 0.05) is 7.11 Å². The summed E-state index contributed by atoms with van der Waals surface area (Å²) in [7, 11) is -7.74. The Morgan fingerprint density at radius 1 is 1.25 bits per heavy atom. The number of alkyl halides is 3. The van der Waals surface area contributed by atoms with Gasteiger partial charge >= 0.3 is 13.8 Å². The number of hydrogen-bond donors (Lipinski definition) is 0. The fourth-order valence-electron chi connectivity index (χ4n) is 1.85. The Morgan fingerprint density at radius 2 is 1.83 bits per heavy atom. The second kappa shape index (κ2) is 7.53. The maximum atomic E-state index is 13.0. The minimum atomic E-state index is -4.89. The molecule has 0 aliphatic heterocycles. The molecule has 0 radical (unpaired) electrons. The highest BCUT2D eigenvalue weighted by Crippen LogP contribution is 2.49. The molecule has 1 unspecified atom stereocenters. The number of aryl methyl sites for hydroxylation is 1. The van der Waals surface area contributed by atoms with E-state index >= 15 is 0 Å². The van der Waals surface area contributed by atoms with Crippen molar-refractivity contribution in [1.82, 2.24) is 0 Å². The van der Waals surface area contributed by atoms with Crippen molar-refractivity contribution in [2.45, 2.75) is 37.9 Å². The van der Waals surface area contributed by atoms with E-state index in [1.807, 2.05) is 0 Å². The van der Waals surface area contributed by atoms with Crippen LogP contribution in [-0.2, 0) is 34.1 Å². The van der Waals surface area contributed by atoms with Crippen LogP contribution in [0, 0.1) is 6.92 Å². The number of benzene rings is 1. The summed E-state index contributed by atoms with van der Waals surface area (Å²) in [5, 5.41) is 0. The zero-order chi connectivity index (χ0) is 18.8. The van der Waals surface area contributed by atoms with E-state index in [1.54, 1.807) is 0 Å². The minimum Gasteiger partial charge on any atom is -0.310 e. The van der Waals surface area contributed by atoms with Crippen molar-refractivity contribution >= 4 is 17.7 Å². The van der Waals surface area contributed by atoms with Gasteiger partial charge in [0.25, 0.3) is 10.1 Å². The molecule has 0 spiro atoms. The third-order valence-corrected chi connectivity index (χ3v) is 6.17. The van der Waals surface area contributed by atoms with Gasteiger partial charge in [-0.25, -0.2) is 0 Å². The van der Waals surface area contributed by atoms with Gasteiger partial charge < -0.3 is 9.05 Å². The van der Waals surface area contributed by atoms with Crippen LogP contribution in [0.5, 0.6) is 0 Å². The van der Waals surface area contributed by atoms with Crippen LogP contribution in [0.25, 0.3) is 0 Å². The van der Waals surface area contributed by atoms with Crippen LogP contribution in [0.1, 0.15) is 25.0 Å². The lowest BCUT2D eigenvalue weighted by Crippen LogP contribution is -2.18. The van der Waals surface area contributed by atoms with Crippen molar-refractivity contribution in [2.75, 3.05) is 13.5 Å². The predicted octanol–water partition coefficient (Wildman–Crippen LogP) is 3.94. The average Bonchev–Trinajstić information content (AvgIpc) is 2.43. The quantitative estimate of drug-likeness (QED) is 0.518. The van der Waals surface area contributed by atoms with Gasteiger partial charge in [-0.3, -0.25) is 8.75 Å². The Kier molecular flexibility index (Phi) is 6.62. The second-order valence-corrected chi connectivity index (χ2v) is 8.71. The van der Waals surface area contributed by atoms with Crippen LogP contribution in [0.3, 0.4) is 0 Å². The molecule has 6 nitrogen and oxygen atoms in total. The number of hydrogen-bond acceptors (Lipinski definition) is 6. The Morgan fingerprint density at radius 3 is 2.29 bits per heavy atom. The largest absolute Gasteiger partial charge is 0.417 e. The monoisotopic (exact) mass is 390 g/mol. The van der Waals surface area contributed by atoms with Gasteiger partial charge in [0.05, 0.1) is 11.7 Å². The molecular weight excluding hydrogens is 372 g/mol. The molecule has 11 heteroatoms. The van der Waals surface area contributed by atoms with E-state index in [0.29, 0.717) is 6.07 Å². The summed E-state index contributed by atoms with van der Waals surface area (Å²) in [6.45, 7) is 4.26. The lowest BCUT2D eigenvalue weighted by atomic mass is 10.1. The zero-order valence-electron chi connectivity index (χ0n) is 13.5. The summed E-state index contributed by atoms with van der Waals surface area (Å²) in [6, 6.07) is 2.91. The molecule has 0 saturated heterocycles. The minimum absolute atomic E-state index is 0.151. The molecule has 0 aliphatic carbocycles. The van der Waals surface area contributed by atoms with Crippen LogP contribution in [0.15, 0.2) is 23.1 Å². The van der Waals surface area contributed by atoms with Gasteiger partial charge in [-0.1, -0.05) is 12.1 Å². The van der Waals surface area contributed by atoms with Gasteiger partial charge in [0.15, 0.2) is 6.35 Å². The van der Waals surface area contributed by atoms with Gasteiger partial charge in [0.1, 0.15) is 4.90 Å². The maximum absolute atomic E-state index is 13.0. The van der Waals surface area contributed by atoms with Crippen LogP contribution < -0.4 is 0 Å². The second-order valence-electron chi connectivity index (χ2n) is 5.10. The summed E-state index contributed by atoms with van der Waals surface area (Å²) in [5.41, 5.74) is -1.51. The van der Waals surface area contributed by atoms with Crippen molar-refractivity contribution in [1.29, 1.82) is 0 Å². The molecule has 0 fully saturated rings. The molecule has 0 aliphatic rings. The molecule has 0 N–H and O–H groups in total. The third kappa shape index (κ3) is 5.29. The molecule has 0 aromatic heterocycles. The SMILES string of the molecule is COP(=O)(COS(=O)(=O)c1c(C)cccc1C(F)(F)F)OC(C)C. The molecule has 0 heterocycles. The van der Waals surface area contributed by atoms with E-state index < -0.39 is 46.8 Å². The van der Waals surface area contributed by atoms with E-state index in [-0.39, 0.29) is 5.56 Å². The van der Waals surface area contributed by atoms with E-state index in [9.17, 15) is 26.2 Å². The van der Waals surface area contributed by atoms with Crippen molar-refractivity contribution in [3.8, 4) is 0 Å². The zero-order valence-corrected chi connectivity index (χ0v) is 15.2. The highest BCUT2D eigenvalue weighted by Gasteiger charge is 2.39. The molecule has 1 rings (SSSR count). The number of halogens is 3. The van der Waals surface area contributed by atoms with Gasteiger partial charge in [-0.15, -0.1) is 0 Å². The van der Waals surface area contributed by atoms with Crippen LogP contribution >= 0.6 is 7.60 Å². The van der Waals surface area contributed by atoms with Gasteiger partial charge in [-0.2, -0.15) is 21.6 Å². The normalized spacial score (nSPS) is 15.5. The van der Waals surface area contributed by atoms with Crippen LogP contribution in [-0.4, -0.2) is 28.0 Å². The van der Waals surface area contributed by atoms with Crippen LogP contribution in [0.4, 0.5) is 13.2 Å². The first-order valence-electron chi connectivity index (χ1n) is 6.72. The summed E-state index contributed by atoms with van der Waals surface area (Å²) in [5.74, 6) is 0. The molecule has 1 atom stereocenters. The number of rotatable bonds is 7. The van der Waals surface area contributed by atoms with Crippen molar-refractivity contribution in [3.63, 3.8) is 0 Å². The molecule has 0 amide bonds. The summed E-state index contributed by atoms with van der Waals surface area (Å²) >= 11 is 0. The highest BCUT2D eigenvalue weighted by atomic mass is 32.2. The Balaban J connectivity index is 3.21. The first kappa shape index (κ1) is 21.1. The fraction of sp³-hybridized carbons (Fsp3) is 0.538. The van der Waals surface area contributed by atoms with Crippen LogP contribution in [0.2, 0.25) is 0 Å². The predicted molar refractivity (Wildman–Crippen MR) is 80.2 cm³/mol. The summed E-state index contributed by atoms with van der Waals surface area (Å²) in [4.78, 5) is -1.02. The molecule has 1 aromatic rings. The third-order valence-electron chi connectivity index (χ3n) is 2.78. The standard InChI is InChI=1S/C13H18F3O6PS/c1-9(2)22-23(17,20-4)8-21-24(18,19)12-10(3)6-5-7-11(12)13(14,15)16/h5-7,9H,8H2,1-4H3. The molecule has 24 heavy (non-hydrogen) atoms. The Bertz CT molecular complexity index is 730. The van der Waals surface area contributed by atoms with E-state index in [0.717, 1.165) is 13.2 Å². The fourth-order valence-corrected chi connectivity index (χ4v) is 4.85. The molecule has 0 saturated carbocycles. The summed E-state index contributed by atoms with van der Waals surface area (Å²) < 4.78 is 89.9. The summed E-state index contributed by atoms with van der Waals surface area (Å²) in [6.07, 6.45) is -6.49. The topological polar surface area (TPSA) is 78.9 Å². The lowest BCUT2D eigenvalue weighted by molar-refractivity contribution is -0.140. The smallest absolute Gasteiger partial charge is 0.310 e. The molecular formula is C13H18F3O6PS. The van der Waals surface area contributed by atoms with Crippen molar-refractivity contribution in [2.24, 2.45) is 0 Å². The highest BCUT2D eigenvalue weighted by molar-refractivity contribution is 7.87. The molecule has 1 aromatic carbocycles. The van der Waals surface area contributed by atoms with Gasteiger partial charge in [0.2, 0.25) is 0 Å². The maximum Gasteiger partial charge on any atom is 0.417 e. The Labute approximate surface area is 138 Å². The van der Waals surface area contributed by atoms with E-state index in [4.69, 9.17) is 4.52 Å². The first-order valence-corrected chi connectivity index (χ1v) is 9.85. The molecule has 138 valence electrons. The molecule has 0 bridgehead atoms. The van der Waals surface area contributed by atoms with Crippen molar-refractivity contribution in [3.05, 3.63) is 29.3 Å². The first-order chi connectivity index (χ1) is 10.8. The lowest BCUT2D eigenvalue weighted by Gasteiger charge is -2.20. The van der Waals surface area contributed by atoms with Crippen molar-refractivity contribution < 1.29 is 39.4 Å². The van der Waals surface area contributed by atoms with E-state index in [2.05, 4.69) is 8.71 Å². The van der Waals surface area contributed by atoms with E-state index in [1.165, 1.54) is 26.8 Å². The average molecular weight is 390 g/mol. The van der Waals surface area contributed by atoms with Gasteiger partial charge in [-0.05, 0) is 32.4 Å².